The number of rotatable bonds is 10. The first kappa shape index (κ1) is 24.5. The van der Waals surface area contributed by atoms with E-state index in [4.69, 9.17) is 0 Å². The highest BCUT2D eigenvalue weighted by atomic mass is 32.2. The molecular formula is C26H31N3O3S. The standard InChI is InChI=1S/C26H31N3O3S/c1-21-14-16-23(17-15-21)33(31,32)29(20-22-10-5-4-6-11-22)25-13-8-7-12-24(25)26(30)27-18-9-19-28(2)3/h4-8,10-17H,9,18-20H2,1-3H3,(H,27,30). The van der Waals surface area contributed by atoms with E-state index in [9.17, 15) is 13.2 Å². The third kappa shape index (κ3) is 6.43. The molecule has 6 nitrogen and oxygen atoms in total. The molecule has 1 amide bonds. The maximum absolute atomic E-state index is 13.7. The van der Waals surface area contributed by atoms with Gasteiger partial charge in [-0.3, -0.25) is 9.10 Å². The molecule has 0 aliphatic heterocycles. The van der Waals surface area contributed by atoms with Crippen molar-refractivity contribution in [2.75, 3.05) is 31.5 Å². The quantitative estimate of drug-likeness (QED) is 0.458. The summed E-state index contributed by atoms with van der Waals surface area (Å²) in [6, 6.07) is 23.0. The Hall–Kier alpha value is -3.16. The zero-order chi connectivity index (χ0) is 23.8. The number of anilines is 1. The van der Waals surface area contributed by atoms with Crippen molar-refractivity contribution < 1.29 is 13.2 Å². The SMILES string of the molecule is Cc1ccc(S(=O)(=O)N(Cc2ccccc2)c2ccccc2C(=O)NCCCN(C)C)cc1. The van der Waals surface area contributed by atoms with Gasteiger partial charge in [-0.1, -0.05) is 60.2 Å². The molecule has 0 atom stereocenters. The number of para-hydroxylation sites is 1. The predicted molar refractivity (Wildman–Crippen MR) is 133 cm³/mol. The minimum absolute atomic E-state index is 0.113. The zero-order valence-corrected chi connectivity index (χ0v) is 20.2. The maximum atomic E-state index is 13.7. The smallest absolute Gasteiger partial charge is 0.264 e. The summed E-state index contributed by atoms with van der Waals surface area (Å²) in [4.78, 5) is 15.3. The van der Waals surface area contributed by atoms with E-state index in [1.165, 1.54) is 4.31 Å². The number of nitrogens with one attached hydrogen (secondary N) is 1. The molecule has 1 N–H and O–H groups in total. The molecule has 0 saturated heterocycles. The number of nitrogens with zero attached hydrogens (tertiary/aromatic N) is 2. The van der Waals surface area contributed by atoms with Crippen molar-refractivity contribution in [1.82, 2.24) is 10.2 Å². The van der Waals surface area contributed by atoms with Crippen LogP contribution in [0.5, 0.6) is 0 Å². The highest BCUT2D eigenvalue weighted by Gasteiger charge is 2.28. The minimum Gasteiger partial charge on any atom is -0.352 e. The Labute approximate surface area is 196 Å². The number of sulfonamides is 1. The number of amides is 1. The molecule has 0 heterocycles. The van der Waals surface area contributed by atoms with Crippen molar-refractivity contribution in [2.45, 2.75) is 24.8 Å². The fourth-order valence-corrected chi connectivity index (χ4v) is 4.93. The van der Waals surface area contributed by atoms with Crippen molar-refractivity contribution >= 4 is 21.6 Å². The third-order valence-electron chi connectivity index (χ3n) is 5.26. The third-order valence-corrected chi connectivity index (χ3v) is 7.04. The molecule has 174 valence electrons. The van der Waals surface area contributed by atoms with E-state index < -0.39 is 10.0 Å². The van der Waals surface area contributed by atoms with Crippen molar-refractivity contribution in [1.29, 1.82) is 0 Å². The average molecular weight is 466 g/mol. The van der Waals surface area contributed by atoms with Crippen LogP contribution in [0, 0.1) is 6.92 Å². The summed E-state index contributed by atoms with van der Waals surface area (Å²) in [6.07, 6.45) is 0.802. The zero-order valence-electron chi connectivity index (χ0n) is 19.4. The summed E-state index contributed by atoms with van der Waals surface area (Å²) >= 11 is 0. The Bertz CT molecular complexity index is 1160. The number of hydrogen-bond donors (Lipinski definition) is 1. The Morgan fingerprint density at radius 1 is 0.879 bits per heavy atom. The number of carbonyl (C=O) groups excluding carboxylic acids is 1. The minimum atomic E-state index is -3.91. The topological polar surface area (TPSA) is 69.7 Å². The predicted octanol–water partition coefficient (Wildman–Crippen LogP) is 4.07. The lowest BCUT2D eigenvalue weighted by Crippen LogP contribution is -2.34. The van der Waals surface area contributed by atoms with Crippen molar-refractivity contribution in [3.8, 4) is 0 Å². The first-order chi connectivity index (χ1) is 15.8. The molecule has 7 heteroatoms. The molecule has 3 aromatic rings. The molecule has 0 radical (unpaired) electrons. The fourth-order valence-electron chi connectivity index (χ4n) is 3.46. The van der Waals surface area contributed by atoms with Gasteiger partial charge in [-0.25, -0.2) is 8.42 Å². The monoisotopic (exact) mass is 465 g/mol. The fraction of sp³-hybridized carbons (Fsp3) is 0.269. The van der Waals surface area contributed by atoms with Crippen LogP contribution < -0.4 is 9.62 Å². The van der Waals surface area contributed by atoms with Crippen LogP contribution in [0.1, 0.15) is 27.9 Å². The first-order valence-corrected chi connectivity index (χ1v) is 12.4. The van der Waals surface area contributed by atoms with E-state index in [0.717, 1.165) is 24.1 Å². The molecule has 0 aliphatic rings. The van der Waals surface area contributed by atoms with Gasteiger partial charge in [0.2, 0.25) is 0 Å². The molecular weight excluding hydrogens is 434 g/mol. The number of hydrogen-bond acceptors (Lipinski definition) is 4. The van der Waals surface area contributed by atoms with Gasteiger partial charge < -0.3 is 10.2 Å². The van der Waals surface area contributed by atoms with Crippen LogP contribution in [0.3, 0.4) is 0 Å². The average Bonchev–Trinajstić information content (AvgIpc) is 2.81. The van der Waals surface area contributed by atoms with Gasteiger partial charge >= 0.3 is 0 Å². The van der Waals surface area contributed by atoms with E-state index in [-0.39, 0.29) is 17.3 Å². The van der Waals surface area contributed by atoms with Gasteiger partial charge in [0.15, 0.2) is 0 Å². The number of carbonyl (C=O) groups is 1. The van der Waals surface area contributed by atoms with E-state index >= 15 is 0 Å². The second-order valence-corrected chi connectivity index (χ2v) is 10.1. The summed E-state index contributed by atoms with van der Waals surface area (Å²) in [5, 5.41) is 2.93. The second-order valence-electron chi connectivity index (χ2n) is 8.24. The van der Waals surface area contributed by atoms with Gasteiger partial charge in [0.25, 0.3) is 15.9 Å². The first-order valence-electron chi connectivity index (χ1n) is 10.9. The van der Waals surface area contributed by atoms with Gasteiger partial charge in [0.1, 0.15) is 0 Å². The van der Waals surface area contributed by atoms with Crippen LogP contribution in [-0.2, 0) is 16.6 Å². The summed E-state index contributed by atoms with van der Waals surface area (Å²) in [7, 11) is 0.0465. The summed E-state index contributed by atoms with van der Waals surface area (Å²) in [5.74, 6) is -0.290. The van der Waals surface area contributed by atoms with Crippen LogP contribution in [0.15, 0.2) is 83.8 Å². The lowest BCUT2D eigenvalue weighted by atomic mass is 10.1. The lowest BCUT2D eigenvalue weighted by Gasteiger charge is -2.27. The largest absolute Gasteiger partial charge is 0.352 e. The summed E-state index contributed by atoms with van der Waals surface area (Å²) in [6.45, 7) is 3.38. The highest BCUT2D eigenvalue weighted by Crippen LogP contribution is 2.29. The van der Waals surface area contributed by atoms with Crippen LogP contribution in [0.2, 0.25) is 0 Å². The van der Waals surface area contributed by atoms with Crippen LogP contribution in [0.4, 0.5) is 5.69 Å². The van der Waals surface area contributed by atoms with Crippen LogP contribution in [-0.4, -0.2) is 46.4 Å². The summed E-state index contributed by atoms with van der Waals surface area (Å²) < 4.78 is 28.8. The van der Waals surface area contributed by atoms with Gasteiger partial charge in [0.05, 0.1) is 22.7 Å². The Balaban J connectivity index is 1.99. The van der Waals surface area contributed by atoms with Gasteiger partial charge in [-0.05, 0) is 63.8 Å². The van der Waals surface area contributed by atoms with Gasteiger partial charge in [0, 0.05) is 6.54 Å². The molecule has 0 aliphatic carbocycles. The van der Waals surface area contributed by atoms with Crippen molar-refractivity contribution in [3.63, 3.8) is 0 Å². The highest BCUT2D eigenvalue weighted by molar-refractivity contribution is 7.92. The number of benzene rings is 3. The van der Waals surface area contributed by atoms with E-state index in [2.05, 4.69) is 10.2 Å². The molecule has 3 aromatic carbocycles. The molecule has 0 fully saturated rings. The normalized spacial score (nSPS) is 11.4. The summed E-state index contributed by atoms with van der Waals surface area (Å²) in [5.41, 5.74) is 2.48. The molecule has 3 rings (SSSR count). The van der Waals surface area contributed by atoms with Crippen LogP contribution in [0.25, 0.3) is 0 Å². The molecule has 33 heavy (non-hydrogen) atoms. The number of aryl methyl sites for hydroxylation is 1. The van der Waals surface area contributed by atoms with Crippen molar-refractivity contribution in [2.24, 2.45) is 0 Å². The Morgan fingerprint density at radius 3 is 2.18 bits per heavy atom. The van der Waals surface area contributed by atoms with Crippen molar-refractivity contribution in [3.05, 3.63) is 95.6 Å². The Morgan fingerprint density at radius 2 is 1.52 bits per heavy atom. The molecule has 0 bridgehead atoms. The van der Waals surface area contributed by atoms with E-state index in [1.807, 2.05) is 51.4 Å². The Kier molecular flexibility index (Phi) is 8.25. The molecule has 0 saturated carbocycles. The van der Waals surface area contributed by atoms with Gasteiger partial charge in [-0.15, -0.1) is 0 Å². The van der Waals surface area contributed by atoms with E-state index in [1.54, 1.807) is 48.5 Å². The van der Waals surface area contributed by atoms with Crippen LogP contribution >= 0.6 is 0 Å². The molecule has 0 spiro atoms. The van der Waals surface area contributed by atoms with E-state index in [0.29, 0.717) is 17.8 Å². The second kappa shape index (κ2) is 11.1. The molecule has 0 aromatic heterocycles. The maximum Gasteiger partial charge on any atom is 0.264 e. The lowest BCUT2D eigenvalue weighted by molar-refractivity contribution is 0.0953. The van der Waals surface area contributed by atoms with Gasteiger partial charge in [-0.2, -0.15) is 0 Å². The molecule has 0 unspecified atom stereocenters.